The number of hydrogen-bond donors (Lipinski definition) is 2. The van der Waals surface area contributed by atoms with Gasteiger partial charge in [0.25, 0.3) is 0 Å². The van der Waals surface area contributed by atoms with Crippen molar-refractivity contribution in [3.8, 4) is 5.75 Å². The topological polar surface area (TPSA) is 102 Å². The minimum Gasteiger partial charge on any atom is -0.497 e. The van der Waals surface area contributed by atoms with Crippen LogP contribution in [0.3, 0.4) is 0 Å². The zero-order valence-corrected chi connectivity index (χ0v) is 22.5. The number of anilines is 3. The zero-order valence-electron chi connectivity index (χ0n) is 18.6. The Morgan fingerprint density at radius 3 is 2.34 bits per heavy atom. The predicted octanol–water partition coefficient (Wildman–Crippen LogP) is 3.34. The molecule has 3 aromatic rings. The summed E-state index contributed by atoms with van der Waals surface area (Å²) in [6.07, 6.45) is 4.01. The van der Waals surface area contributed by atoms with Crippen molar-refractivity contribution in [3.63, 3.8) is 0 Å². The maximum absolute atomic E-state index is 11.9. The molecule has 2 N–H and O–H groups in total. The molecule has 165 valence electrons. The summed E-state index contributed by atoms with van der Waals surface area (Å²) >= 11 is 0. The van der Waals surface area contributed by atoms with Crippen molar-refractivity contribution in [2.45, 2.75) is 19.3 Å². The van der Waals surface area contributed by atoms with Gasteiger partial charge in [-0.1, -0.05) is 18.2 Å². The van der Waals surface area contributed by atoms with E-state index in [1.165, 1.54) is 0 Å². The van der Waals surface area contributed by atoms with Crippen molar-refractivity contribution in [1.29, 1.82) is 0 Å². The number of benzene rings is 2. The van der Waals surface area contributed by atoms with Crippen molar-refractivity contribution >= 4 is 89.8 Å². The molecule has 10 heteroatoms. The summed E-state index contributed by atoms with van der Waals surface area (Å²) in [4.78, 5) is 9.12. The Balaban J connectivity index is 0.00000289. The van der Waals surface area contributed by atoms with Crippen LogP contribution in [-0.4, -0.2) is 96.3 Å². The summed E-state index contributed by atoms with van der Waals surface area (Å²) in [6, 6.07) is 13.2. The molecule has 1 radical (unpaired) electrons. The summed E-state index contributed by atoms with van der Waals surface area (Å²) in [5, 5.41) is 3.31. The van der Waals surface area contributed by atoms with Crippen molar-refractivity contribution in [2.24, 2.45) is 5.92 Å². The van der Waals surface area contributed by atoms with E-state index >= 15 is 0 Å². The Labute approximate surface area is 231 Å². The molecular weight excluding hydrogens is 455 g/mol. The number of ether oxygens (including phenoxy) is 2. The first kappa shape index (κ1) is 25.4. The maximum Gasteiger partial charge on any atom is 0.231 e. The number of methoxy groups -OCH3 is 1. The van der Waals surface area contributed by atoms with Crippen LogP contribution in [0.25, 0.3) is 11.0 Å². The minimum atomic E-state index is -3.54. The summed E-state index contributed by atoms with van der Waals surface area (Å²) < 4.78 is 37.2. The van der Waals surface area contributed by atoms with Crippen molar-refractivity contribution in [1.82, 2.24) is 9.97 Å². The number of fused-ring (bicyclic) bond motifs is 1. The Bertz CT molecular complexity index is 1180. The number of rotatable bonds is 7. The van der Waals surface area contributed by atoms with E-state index in [-0.39, 0.29) is 57.2 Å². The third-order valence-electron chi connectivity index (χ3n) is 5.27. The Kier molecular flexibility index (Phi) is 8.90. The molecule has 0 unspecified atom stereocenters. The Morgan fingerprint density at radius 1 is 1.06 bits per heavy atom. The van der Waals surface area contributed by atoms with E-state index in [1.54, 1.807) is 13.2 Å². The van der Waals surface area contributed by atoms with Gasteiger partial charge in [0, 0.05) is 76.4 Å². The molecule has 4 rings (SSSR count). The van der Waals surface area contributed by atoms with E-state index in [9.17, 15) is 8.42 Å². The fraction of sp³-hybridized carbons (Fsp3) is 0.364. The number of para-hydroxylation sites is 2. The second-order valence-electron chi connectivity index (χ2n) is 7.69. The maximum atomic E-state index is 11.9. The average molecular weight is 482 g/mol. The molecular formula is C22H26KN4O4S. The van der Waals surface area contributed by atoms with E-state index in [0.29, 0.717) is 28.5 Å². The van der Waals surface area contributed by atoms with Crippen molar-refractivity contribution in [2.75, 3.05) is 36.6 Å². The van der Waals surface area contributed by atoms with Gasteiger partial charge in [0.15, 0.2) is 11.6 Å². The molecule has 2 heterocycles. The molecule has 0 amide bonds. The second kappa shape index (κ2) is 11.2. The molecule has 0 aliphatic carbocycles. The molecule has 1 aliphatic rings. The van der Waals surface area contributed by atoms with Gasteiger partial charge in [-0.15, -0.1) is 0 Å². The molecule has 0 atom stereocenters. The summed E-state index contributed by atoms with van der Waals surface area (Å²) in [5.41, 5.74) is 3.19. The van der Waals surface area contributed by atoms with Crippen LogP contribution in [0.2, 0.25) is 0 Å². The van der Waals surface area contributed by atoms with E-state index in [0.717, 1.165) is 50.0 Å². The third-order valence-corrected chi connectivity index (χ3v) is 5.84. The number of aromatic nitrogens is 2. The summed E-state index contributed by atoms with van der Waals surface area (Å²) in [6.45, 7) is 1.56. The normalized spacial score (nSPS) is 14.6. The van der Waals surface area contributed by atoms with E-state index in [2.05, 4.69) is 20.0 Å². The first-order valence-electron chi connectivity index (χ1n) is 10.2. The van der Waals surface area contributed by atoms with Gasteiger partial charge in [0.1, 0.15) is 5.75 Å². The Hall–Kier alpha value is -1.27. The number of sulfonamides is 1. The SMILES string of the molecule is COc1ccc(CC2CCOCC2)c(Nc2nc3ccccc3nc2NS(C)(=O)=O)c1.[K]. The van der Waals surface area contributed by atoms with E-state index in [4.69, 9.17) is 9.47 Å². The predicted molar refractivity (Wildman–Crippen MR) is 127 cm³/mol. The standard InChI is InChI=1S/C22H26N4O4S.K/c1-29-17-8-7-16(13-15-9-11-30-12-10-15)20(14-17)25-21-22(26-31(2,27)28)24-19-6-4-3-5-18(19)23-21;/h3-8,14-15H,9-13H2,1-2H3,(H,23,25)(H,24,26);. The fourth-order valence-electron chi connectivity index (χ4n) is 3.70. The molecule has 0 saturated carbocycles. The molecule has 32 heavy (non-hydrogen) atoms. The second-order valence-corrected chi connectivity index (χ2v) is 9.44. The molecule has 1 saturated heterocycles. The van der Waals surface area contributed by atoms with Gasteiger partial charge in [0.2, 0.25) is 10.0 Å². The van der Waals surface area contributed by atoms with E-state index < -0.39 is 10.0 Å². The van der Waals surface area contributed by atoms with Crippen LogP contribution in [0.15, 0.2) is 42.5 Å². The van der Waals surface area contributed by atoms with Gasteiger partial charge in [-0.2, -0.15) is 0 Å². The van der Waals surface area contributed by atoms with Gasteiger partial charge in [-0.3, -0.25) is 4.72 Å². The largest absolute Gasteiger partial charge is 0.497 e. The number of hydrogen-bond acceptors (Lipinski definition) is 7. The summed E-state index contributed by atoms with van der Waals surface area (Å²) in [5.74, 6) is 1.72. The third kappa shape index (κ3) is 6.63. The first-order valence-corrected chi connectivity index (χ1v) is 12.1. The van der Waals surface area contributed by atoms with E-state index in [1.807, 2.05) is 36.4 Å². The number of nitrogens with one attached hydrogen (secondary N) is 2. The van der Waals surface area contributed by atoms with Gasteiger partial charge in [-0.25, -0.2) is 18.4 Å². The molecule has 0 bridgehead atoms. The average Bonchev–Trinajstić information content (AvgIpc) is 2.75. The monoisotopic (exact) mass is 481 g/mol. The number of nitrogens with zero attached hydrogens (tertiary/aromatic N) is 2. The fourth-order valence-corrected chi connectivity index (χ4v) is 4.19. The molecule has 2 aromatic carbocycles. The quantitative estimate of drug-likeness (QED) is 0.499. The van der Waals surface area contributed by atoms with Crippen LogP contribution in [0.5, 0.6) is 5.75 Å². The van der Waals surface area contributed by atoms with Crippen molar-refractivity contribution < 1.29 is 17.9 Å². The summed E-state index contributed by atoms with van der Waals surface area (Å²) in [7, 11) is -1.92. The molecule has 1 aliphatic heterocycles. The van der Waals surface area contributed by atoms with Crippen LogP contribution in [0.1, 0.15) is 18.4 Å². The van der Waals surface area contributed by atoms with Gasteiger partial charge < -0.3 is 14.8 Å². The van der Waals surface area contributed by atoms with Crippen LogP contribution < -0.4 is 14.8 Å². The van der Waals surface area contributed by atoms with Gasteiger partial charge >= 0.3 is 0 Å². The van der Waals surface area contributed by atoms with Gasteiger partial charge in [-0.05, 0) is 48.9 Å². The van der Waals surface area contributed by atoms with Crippen molar-refractivity contribution in [3.05, 3.63) is 48.0 Å². The molecule has 8 nitrogen and oxygen atoms in total. The van der Waals surface area contributed by atoms with Crippen LogP contribution >= 0.6 is 0 Å². The smallest absolute Gasteiger partial charge is 0.231 e. The van der Waals surface area contributed by atoms with Gasteiger partial charge in [0.05, 0.1) is 24.4 Å². The van der Waals surface area contributed by atoms with Crippen LogP contribution in [0, 0.1) is 5.92 Å². The first-order chi connectivity index (χ1) is 14.9. The molecule has 1 aromatic heterocycles. The molecule has 1 fully saturated rings. The minimum absolute atomic E-state index is 0. The molecule has 0 spiro atoms. The zero-order chi connectivity index (χ0) is 21.8. The van der Waals surface area contributed by atoms with Crippen LogP contribution in [0.4, 0.5) is 17.3 Å². The van der Waals surface area contributed by atoms with Crippen LogP contribution in [-0.2, 0) is 21.2 Å². The Morgan fingerprint density at radius 2 is 1.72 bits per heavy atom.